The van der Waals surface area contributed by atoms with Gasteiger partial charge >= 0.3 is 5.97 Å². The van der Waals surface area contributed by atoms with Crippen LogP contribution in [0.3, 0.4) is 0 Å². The Morgan fingerprint density at radius 2 is 2.13 bits per heavy atom. The van der Waals surface area contributed by atoms with Gasteiger partial charge in [-0.3, -0.25) is 0 Å². The predicted octanol–water partition coefficient (Wildman–Crippen LogP) is 0.955. The maximum Gasteiger partial charge on any atom is 0.337 e. The fraction of sp³-hybridized carbons (Fsp3) is 0.222. The van der Waals surface area contributed by atoms with Crippen LogP contribution < -0.4 is 4.18 Å². The second-order valence-electron chi connectivity index (χ2n) is 2.76. The van der Waals surface area contributed by atoms with Crippen molar-refractivity contribution in [2.75, 3.05) is 7.11 Å². The van der Waals surface area contributed by atoms with E-state index in [0.29, 0.717) is 11.1 Å². The number of carbonyl (C=O) groups is 1. The summed E-state index contributed by atoms with van der Waals surface area (Å²) in [4.78, 5) is 11.1. The quantitative estimate of drug-likeness (QED) is 0.569. The molecule has 0 aliphatic rings. The van der Waals surface area contributed by atoms with Crippen molar-refractivity contribution >= 4 is 17.3 Å². The lowest BCUT2D eigenvalue weighted by molar-refractivity contribution is 0.0600. The molecule has 15 heavy (non-hydrogen) atoms. The van der Waals surface area contributed by atoms with Crippen LogP contribution in [0.25, 0.3) is 0 Å². The third-order valence-corrected chi connectivity index (χ3v) is 2.07. The maximum atomic E-state index is 11.1. The van der Waals surface area contributed by atoms with E-state index in [-0.39, 0.29) is 5.75 Å². The summed E-state index contributed by atoms with van der Waals surface area (Å²) in [7, 11) is 1.27. The number of rotatable bonds is 3. The van der Waals surface area contributed by atoms with Crippen LogP contribution in [0, 0.1) is 6.92 Å². The largest absolute Gasteiger partial charge is 0.740 e. The number of esters is 1. The fourth-order valence-electron chi connectivity index (χ4n) is 1.06. The van der Waals surface area contributed by atoms with Gasteiger partial charge in [0.25, 0.3) is 0 Å². The van der Waals surface area contributed by atoms with Crippen LogP contribution in [0.5, 0.6) is 5.75 Å². The Kier molecular flexibility index (Phi) is 3.81. The molecule has 1 unspecified atom stereocenters. The summed E-state index contributed by atoms with van der Waals surface area (Å²) in [5.74, 6) is -0.288. The molecule has 0 fully saturated rings. The summed E-state index contributed by atoms with van der Waals surface area (Å²) in [5, 5.41) is 0. The van der Waals surface area contributed by atoms with E-state index in [9.17, 15) is 13.6 Å². The van der Waals surface area contributed by atoms with E-state index < -0.39 is 17.3 Å². The van der Waals surface area contributed by atoms with Crippen molar-refractivity contribution in [3.05, 3.63) is 29.3 Å². The Morgan fingerprint density at radius 1 is 1.47 bits per heavy atom. The summed E-state index contributed by atoms with van der Waals surface area (Å²) in [6.45, 7) is 1.63. The number of hydrogen-bond acceptors (Lipinski definition) is 5. The second kappa shape index (κ2) is 4.90. The molecule has 1 atom stereocenters. The summed E-state index contributed by atoms with van der Waals surface area (Å²) in [6.07, 6.45) is 0. The van der Waals surface area contributed by atoms with Crippen molar-refractivity contribution in [3.8, 4) is 5.75 Å². The van der Waals surface area contributed by atoms with Crippen LogP contribution in [0.1, 0.15) is 15.9 Å². The molecule has 0 radical (unpaired) electrons. The molecule has 0 amide bonds. The van der Waals surface area contributed by atoms with Gasteiger partial charge in [0.2, 0.25) is 0 Å². The summed E-state index contributed by atoms with van der Waals surface area (Å²) in [6, 6.07) is 4.33. The Hall–Kier alpha value is -1.40. The first-order chi connectivity index (χ1) is 7.04. The topological polar surface area (TPSA) is 75.7 Å². The van der Waals surface area contributed by atoms with Gasteiger partial charge in [-0.1, -0.05) is 0 Å². The lowest BCUT2D eigenvalue weighted by atomic mass is 10.1. The van der Waals surface area contributed by atoms with Crippen molar-refractivity contribution < 1.29 is 22.5 Å². The number of ether oxygens (including phenoxy) is 1. The second-order valence-corrected chi connectivity index (χ2v) is 3.33. The zero-order chi connectivity index (χ0) is 11.4. The first-order valence-corrected chi connectivity index (χ1v) is 5.01. The molecular formula is C9H9O5S-. The van der Waals surface area contributed by atoms with Gasteiger partial charge in [-0.25, -0.2) is 9.00 Å². The molecule has 1 aromatic carbocycles. The average molecular weight is 229 g/mol. The molecular weight excluding hydrogens is 220 g/mol. The zero-order valence-corrected chi connectivity index (χ0v) is 9.00. The molecule has 5 nitrogen and oxygen atoms in total. The van der Waals surface area contributed by atoms with Crippen molar-refractivity contribution in [3.63, 3.8) is 0 Å². The first-order valence-electron chi connectivity index (χ1n) is 4.01. The van der Waals surface area contributed by atoms with Gasteiger partial charge in [-0.05, 0) is 30.7 Å². The number of aryl methyl sites for hydroxylation is 1. The number of carbonyl (C=O) groups excluding carboxylic acids is 1. The van der Waals surface area contributed by atoms with E-state index in [1.54, 1.807) is 6.92 Å². The molecule has 0 N–H and O–H groups in total. The summed E-state index contributed by atoms with van der Waals surface area (Å²) >= 11 is -2.61. The highest BCUT2D eigenvalue weighted by atomic mass is 32.2. The minimum atomic E-state index is -2.61. The average Bonchev–Trinajstić information content (AvgIpc) is 2.19. The zero-order valence-electron chi connectivity index (χ0n) is 8.18. The molecule has 1 aromatic rings. The minimum absolute atomic E-state index is 0.191. The molecule has 0 saturated carbocycles. The lowest BCUT2D eigenvalue weighted by Gasteiger charge is -2.10. The van der Waals surface area contributed by atoms with Crippen LogP contribution in [0.15, 0.2) is 18.2 Å². The van der Waals surface area contributed by atoms with Gasteiger partial charge in [-0.15, -0.1) is 0 Å². The number of methoxy groups -OCH3 is 1. The summed E-state index contributed by atoms with van der Waals surface area (Å²) in [5.41, 5.74) is 0.890. The van der Waals surface area contributed by atoms with Crippen molar-refractivity contribution in [1.29, 1.82) is 0 Å². The van der Waals surface area contributed by atoms with E-state index in [1.165, 1.54) is 25.3 Å². The van der Waals surface area contributed by atoms with E-state index in [2.05, 4.69) is 8.92 Å². The fourth-order valence-corrected chi connectivity index (χ4v) is 1.39. The molecule has 1 rings (SSSR count). The predicted molar refractivity (Wildman–Crippen MR) is 52.1 cm³/mol. The molecule has 0 aromatic heterocycles. The van der Waals surface area contributed by atoms with Gasteiger partial charge in [0.05, 0.1) is 12.7 Å². The van der Waals surface area contributed by atoms with E-state index in [1.807, 2.05) is 0 Å². The van der Waals surface area contributed by atoms with Crippen LogP contribution in [0.4, 0.5) is 0 Å². The lowest BCUT2D eigenvalue weighted by Crippen LogP contribution is -2.03. The van der Waals surface area contributed by atoms with E-state index in [4.69, 9.17) is 0 Å². The van der Waals surface area contributed by atoms with Gasteiger partial charge in [0, 0.05) is 0 Å². The van der Waals surface area contributed by atoms with E-state index >= 15 is 0 Å². The van der Waals surface area contributed by atoms with Crippen LogP contribution in [-0.2, 0) is 16.1 Å². The van der Waals surface area contributed by atoms with E-state index in [0.717, 1.165) is 0 Å². The maximum absolute atomic E-state index is 11.1. The number of benzene rings is 1. The van der Waals surface area contributed by atoms with Gasteiger partial charge in [-0.2, -0.15) is 0 Å². The smallest absolute Gasteiger partial charge is 0.337 e. The standard InChI is InChI=1S/C9H10O5S/c1-6-5-7(9(10)13-2)3-4-8(6)14-15(11)12/h3-5H,1-2H3,(H,11,12)/p-1. The number of hydrogen-bond donors (Lipinski definition) is 0. The minimum Gasteiger partial charge on any atom is -0.740 e. The van der Waals surface area contributed by atoms with Crippen molar-refractivity contribution in [2.45, 2.75) is 6.92 Å². The molecule has 0 heterocycles. The first kappa shape index (κ1) is 11.7. The Bertz CT molecular complexity index is 401. The Morgan fingerprint density at radius 3 is 2.60 bits per heavy atom. The van der Waals surface area contributed by atoms with Gasteiger partial charge in [0.15, 0.2) is 0 Å². The third-order valence-electron chi connectivity index (χ3n) is 1.75. The highest BCUT2D eigenvalue weighted by Gasteiger charge is 2.08. The molecule has 0 aliphatic heterocycles. The molecule has 0 bridgehead atoms. The van der Waals surface area contributed by atoms with Gasteiger partial charge < -0.3 is 13.5 Å². The van der Waals surface area contributed by atoms with Crippen LogP contribution in [0.2, 0.25) is 0 Å². The van der Waals surface area contributed by atoms with Gasteiger partial charge in [0.1, 0.15) is 17.1 Å². The van der Waals surface area contributed by atoms with Crippen molar-refractivity contribution in [2.24, 2.45) is 0 Å². The Balaban J connectivity index is 2.97. The van der Waals surface area contributed by atoms with Crippen molar-refractivity contribution in [1.82, 2.24) is 0 Å². The highest BCUT2D eigenvalue weighted by Crippen LogP contribution is 2.20. The van der Waals surface area contributed by atoms with Crippen LogP contribution in [-0.4, -0.2) is 21.8 Å². The summed E-state index contributed by atoms with van der Waals surface area (Å²) < 4.78 is 29.6. The molecule has 0 saturated heterocycles. The Labute approximate surface area is 89.5 Å². The molecule has 6 heteroatoms. The highest BCUT2D eigenvalue weighted by molar-refractivity contribution is 7.74. The molecule has 0 spiro atoms. The molecule has 82 valence electrons. The van der Waals surface area contributed by atoms with Crippen LogP contribution >= 0.6 is 0 Å². The third kappa shape index (κ3) is 3.03. The molecule has 0 aliphatic carbocycles. The SMILES string of the molecule is COC(=O)c1ccc(OS(=O)[O-])c(C)c1. The monoisotopic (exact) mass is 229 g/mol. The normalized spacial score (nSPS) is 11.9.